The molecule has 1 heterocycles. The lowest BCUT2D eigenvalue weighted by molar-refractivity contribution is 0.101. The van der Waals surface area contributed by atoms with Crippen LogP contribution in [-0.4, -0.2) is 36.9 Å². The van der Waals surface area contributed by atoms with Crippen molar-refractivity contribution in [1.29, 1.82) is 0 Å². The van der Waals surface area contributed by atoms with Crippen LogP contribution >= 0.6 is 11.6 Å². The Bertz CT molecular complexity index is 704. The minimum atomic E-state index is -0.246. The van der Waals surface area contributed by atoms with E-state index in [0.717, 1.165) is 37.4 Å². The summed E-state index contributed by atoms with van der Waals surface area (Å²) < 4.78 is 13.9. The van der Waals surface area contributed by atoms with E-state index >= 15 is 0 Å². The Morgan fingerprint density at radius 2 is 1.75 bits per heavy atom. The Kier molecular flexibility index (Phi) is 5.17. The molecule has 126 valence electrons. The SMILES string of the molecule is CC(=O)c1ccc(N2CCN(Cc3c(F)cccc3Cl)CC2)cc1. The largest absolute Gasteiger partial charge is 0.369 e. The lowest BCUT2D eigenvalue weighted by Gasteiger charge is -2.36. The highest BCUT2D eigenvalue weighted by Crippen LogP contribution is 2.23. The number of ketones is 1. The average Bonchev–Trinajstić information content (AvgIpc) is 2.59. The van der Waals surface area contributed by atoms with E-state index < -0.39 is 0 Å². The Morgan fingerprint density at radius 3 is 2.33 bits per heavy atom. The molecule has 24 heavy (non-hydrogen) atoms. The van der Waals surface area contributed by atoms with Gasteiger partial charge in [0.05, 0.1) is 0 Å². The molecule has 0 atom stereocenters. The highest BCUT2D eigenvalue weighted by molar-refractivity contribution is 6.31. The van der Waals surface area contributed by atoms with E-state index in [1.54, 1.807) is 19.1 Å². The summed E-state index contributed by atoms with van der Waals surface area (Å²) in [7, 11) is 0. The molecule has 0 radical (unpaired) electrons. The topological polar surface area (TPSA) is 23.6 Å². The number of Topliss-reactive ketones (excluding diaryl/α,β-unsaturated/α-hetero) is 1. The van der Waals surface area contributed by atoms with Crippen LogP contribution in [0.1, 0.15) is 22.8 Å². The van der Waals surface area contributed by atoms with E-state index in [1.807, 2.05) is 24.3 Å². The van der Waals surface area contributed by atoms with Gasteiger partial charge in [-0.05, 0) is 43.3 Å². The molecule has 0 bridgehead atoms. The monoisotopic (exact) mass is 346 g/mol. The van der Waals surface area contributed by atoms with Crippen LogP contribution in [0.25, 0.3) is 0 Å². The molecule has 2 aromatic rings. The maximum Gasteiger partial charge on any atom is 0.159 e. The number of hydrogen-bond acceptors (Lipinski definition) is 3. The highest BCUT2D eigenvalue weighted by Gasteiger charge is 2.19. The average molecular weight is 347 g/mol. The van der Waals surface area contributed by atoms with Crippen molar-refractivity contribution in [3.05, 3.63) is 64.4 Å². The summed E-state index contributed by atoms with van der Waals surface area (Å²) in [6.45, 7) is 5.53. The Labute approximate surface area is 146 Å². The number of benzene rings is 2. The van der Waals surface area contributed by atoms with Crippen LogP contribution < -0.4 is 4.90 Å². The number of anilines is 1. The summed E-state index contributed by atoms with van der Waals surface area (Å²) in [4.78, 5) is 15.8. The van der Waals surface area contributed by atoms with Crippen LogP contribution in [-0.2, 0) is 6.54 Å². The van der Waals surface area contributed by atoms with Gasteiger partial charge in [0, 0.05) is 54.6 Å². The summed E-state index contributed by atoms with van der Waals surface area (Å²) in [5.41, 5.74) is 2.41. The van der Waals surface area contributed by atoms with Crippen LogP contribution in [0, 0.1) is 5.82 Å². The molecule has 0 spiro atoms. The molecule has 0 N–H and O–H groups in total. The van der Waals surface area contributed by atoms with Gasteiger partial charge in [-0.3, -0.25) is 9.69 Å². The van der Waals surface area contributed by atoms with Gasteiger partial charge in [0.1, 0.15) is 5.82 Å². The summed E-state index contributed by atoms with van der Waals surface area (Å²) in [5, 5.41) is 0.484. The van der Waals surface area contributed by atoms with Crippen molar-refractivity contribution < 1.29 is 9.18 Å². The minimum absolute atomic E-state index is 0.0770. The zero-order valence-corrected chi connectivity index (χ0v) is 14.4. The summed E-state index contributed by atoms with van der Waals surface area (Å²) >= 11 is 6.11. The predicted octanol–water partition coefficient (Wildman–Crippen LogP) is 4.00. The molecule has 1 aliphatic heterocycles. The van der Waals surface area contributed by atoms with Crippen LogP contribution in [0.4, 0.5) is 10.1 Å². The zero-order chi connectivity index (χ0) is 17.1. The molecule has 0 unspecified atom stereocenters. The molecule has 1 saturated heterocycles. The third-order valence-corrected chi connectivity index (χ3v) is 4.81. The highest BCUT2D eigenvalue weighted by atomic mass is 35.5. The van der Waals surface area contributed by atoms with Gasteiger partial charge in [0.15, 0.2) is 5.78 Å². The molecular weight excluding hydrogens is 327 g/mol. The molecule has 3 nitrogen and oxygen atoms in total. The molecule has 0 amide bonds. The van der Waals surface area contributed by atoms with Crippen molar-refractivity contribution in [3.8, 4) is 0 Å². The summed E-state index contributed by atoms with van der Waals surface area (Å²) in [5.74, 6) is -0.169. The van der Waals surface area contributed by atoms with Crippen molar-refractivity contribution >= 4 is 23.1 Å². The van der Waals surface area contributed by atoms with Gasteiger partial charge in [-0.2, -0.15) is 0 Å². The summed E-state index contributed by atoms with van der Waals surface area (Å²) in [6, 6.07) is 12.5. The first-order valence-corrected chi connectivity index (χ1v) is 8.43. The number of rotatable bonds is 4. The molecule has 5 heteroatoms. The molecular formula is C19H20ClFN2O. The Hall–Kier alpha value is -1.91. The first-order chi connectivity index (χ1) is 11.5. The lowest BCUT2D eigenvalue weighted by Crippen LogP contribution is -2.46. The first-order valence-electron chi connectivity index (χ1n) is 8.06. The van der Waals surface area contributed by atoms with Gasteiger partial charge < -0.3 is 4.90 Å². The molecule has 2 aromatic carbocycles. The normalized spacial score (nSPS) is 15.5. The van der Waals surface area contributed by atoms with Crippen LogP contribution in [0.15, 0.2) is 42.5 Å². The fraction of sp³-hybridized carbons (Fsp3) is 0.316. The quantitative estimate of drug-likeness (QED) is 0.782. The smallest absolute Gasteiger partial charge is 0.159 e. The summed E-state index contributed by atoms with van der Waals surface area (Å²) in [6.07, 6.45) is 0. The number of piperazine rings is 1. The third-order valence-electron chi connectivity index (χ3n) is 4.45. The number of carbonyl (C=O) groups excluding carboxylic acids is 1. The minimum Gasteiger partial charge on any atom is -0.369 e. The molecule has 0 saturated carbocycles. The molecule has 1 fully saturated rings. The van der Waals surface area contributed by atoms with Crippen molar-refractivity contribution in [2.75, 3.05) is 31.1 Å². The van der Waals surface area contributed by atoms with Crippen molar-refractivity contribution in [2.45, 2.75) is 13.5 Å². The van der Waals surface area contributed by atoms with Gasteiger partial charge in [-0.1, -0.05) is 17.7 Å². The number of hydrogen-bond donors (Lipinski definition) is 0. The second-order valence-electron chi connectivity index (χ2n) is 6.07. The fourth-order valence-corrected chi connectivity index (χ4v) is 3.20. The molecule has 0 aliphatic carbocycles. The molecule has 3 rings (SSSR count). The van der Waals surface area contributed by atoms with E-state index in [1.165, 1.54) is 6.07 Å². The van der Waals surface area contributed by atoms with E-state index in [0.29, 0.717) is 17.1 Å². The third kappa shape index (κ3) is 3.77. The van der Waals surface area contributed by atoms with E-state index in [-0.39, 0.29) is 11.6 Å². The predicted molar refractivity (Wildman–Crippen MR) is 95.3 cm³/mol. The van der Waals surface area contributed by atoms with Crippen molar-refractivity contribution in [3.63, 3.8) is 0 Å². The Balaban J connectivity index is 1.60. The second kappa shape index (κ2) is 7.32. The van der Waals surface area contributed by atoms with Gasteiger partial charge in [0.2, 0.25) is 0 Å². The van der Waals surface area contributed by atoms with Gasteiger partial charge in [-0.25, -0.2) is 4.39 Å². The maximum atomic E-state index is 13.9. The number of carbonyl (C=O) groups is 1. The van der Waals surface area contributed by atoms with Crippen molar-refractivity contribution in [1.82, 2.24) is 4.90 Å². The molecule has 0 aromatic heterocycles. The van der Waals surface area contributed by atoms with Crippen LogP contribution in [0.3, 0.4) is 0 Å². The van der Waals surface area contributed by atoms with Crippen molar-refractivity contribution in [2.24, 2.45) is 0 Å². The fourth-order valence-electron chi connectivity index (χ4n) is 2.98. The van der Waals surface area contributed by atoms with E-state index in [2.05, 4.69) is 9.80 Å². The second-order valence-corrected chi connectivity index (χ2v) is 6.47. The lowest BCUT2D eigenvalue weighted by atomic mass is 10.1. The van der Waals surface area contributed by atoms with Gasteiger partial charge in [-0.15, -0.1) is 0 Å². The van der Waals surface area contributed by atoms with E-state index in [4.69, 9.17) is 11.6 Å². The number of halogens is 2. The van der Waals surface area contributed by atoms with E-state index in [9.17, 15) is 9.18 Å². The standard InChI is InChI=1S/C19H20ClFN2O/c1-14(24)15-5-7-16(8-6-15)23-11-9-22(10-12-23)13-17-18(20)3-2-4-19(17)21/h2-8H,9-13H2,1H3. The van der Waals surface area contributed by atoms with Crippen LogP contribution in [0.5, 0.6) is 0 Å². The number of nitrogens with zero attached hydrogens (tertiary/aromatic N) is 2. The zero-order valence-electron chi connectivity index (χ0n) is 13.6. The Morgan fingerprint density at radius 1 is 1.08 bits per heavy atom. The van der Waals surface area contributed by atoms with Gasteiger partial charge in [0.25, 0.3) is 0 Å². The maximum absolute atomic E-state index is 13.9. The van der Waals surface area contributed by atoms with Crippen LogP contribution in [0.2, 0.25) is 5.02 Å². The van der Waals surface area contributed by atoms with Gasteiger partial charge >= 0.3 is 0 Å². The first kappa shape index (κ1) is 16.9. The molecule has 1 aliphatic rings.